The quantitative estimate of drug-likeness (QED) is 0.515. The number of anilines is 1. The van der Waals surface area contributed by atoms with E-state index in [9.17, 15) is 13.2 Å². The van der Waals surface area contributed by atoms with Crippen molar-refractivity contribution in [1.29, 1.82) is 0 Å². The van der Waals surface area contributed by atoms with Crippen LogP contribution >= 0.6 is 11.6 Å². The Morgan fingerprint density at radius 2 is 1.63 bits per heavy atom. The minimum atomic E-state index is -3.91. The molecular formula is C21H19ClN2O4S2. The molecule has 0 atom stereocenters. The lowest BCUT2D eigenvalue weighted by Gasteiger charge is -2.19. The molecule has 1 heterocycles. The fraction of sp³-hybridized carbons (Fsp3) is 0.143. The van der Waals surface area contributed by atoms with Gasteiger partial charge in [-0.2, -0.15) is 12.6 Å². The van der Waals surface area contributed by atoms with Gasteiger partial charge in [-0.1, -0.05) is 41.4 Å². The number of carbonyl (C=O) groups is 1. The summed E-state index contributed by atoms with van der Waals surface area (Å²) < 4.78 is 34.8. The molecule has 3 aromatic rings. The van der Waals surface area contributed by atoms with Crippen molar-refractivity contribution in [1.82, 2.24) is 4.98 Å². The molecule has 0 unspecified atom stereocenters. The van der Waals surface area contributed by atoms with E-state index in [1.165, 1.54) is 25.4 Å². The highest BCUT2D eigenvalue weighted by atomic mass is 35.5. The lowest BCUT2D eigenvalue weighted by molar-refractivity contribution is 0.0992. The number of rotatable bonds is 6. The topological polar surface area (TPSA) is 84.4 Å². The van der Waals surface area contributed by atoms with Crippen molar-refractivity contribution in [2.24, 2.45) is 0 Å². The Labute approximate surface area is 186 Å². The van der Waals surface area contributed by atoms with Crippen LogP contribution < -0.4 is 4.31 Å². The van der Waals surface area contributed by atoms with Crippen LogP contribution in [0.2, 0.25) is 5.02 Å². The Hall–Kier alpha value is -2.68. The predicted octanol–water partition coefficient (Wildman–Crippen LogP) is 3.96. The van der Waals surface area contributed by atoms with Gasteiger partial charge in [0, 0.05) is 30.3 Å². The van der Waals surface area contributed by atoms with Gasteiger partial charge in [0.15, 0.2) is 23.3 Å². The molecule has 0 radical (unpaired) electrons. The minimum Gasteiger partial charge on any atom is -0.294 e. The van der Waals surface area contributed by atoms with Crippen LogP contribution in [0.3, 0.4) is 0 Å². The van der Waals surface area contributed by atoms with Crippen molar-refractivity contribution in [2.75, 3.05) is 11.4 Å². The van der Waals surface area contributed by atoms with Gasteiger partial charge in [-0.25, -0.2) is 4.98 Å². The van der Waals surface area contributed by atoms with Crippen molar-refractivity contribution < 1.29 is 17.4 Å². The molecule has 2 aromatic carbocycles. The van der Waals surface area contributed by atoms with E-state index in [0.29, 0.717) is 16.3 Å². The van der Waals surface area contributed by atoms with Gasteiger partial charge in [0.25, 0.3) is 10.0 Å². The van der Waals surface area contributed by atoms with Gasteiger partial charge in [0.2, 0.25) is 0 Å². The largest absolute Gasteiger partial charge is 0.294 e. The van der Waals surface area contributed by atoms with Crippen LogP contribution in [-0.4, -0.2) is 30.4 Å². The third-order valence-electron chi connectivity index (χ3n) is 4.36. The van der Waals surface area contributed by atoms with Crippen molar-refractivity contribution in [2.45, 2.75) is 18.4 Å². The zero-order chi connectivity index (χ0) is 22.3. The zero-order valence-electron chi connectivity index (χ0n) is 16.3. The predicted molar refractivity (Wildman–Crippen MR) is 119 cm³/mol. The van der Waals surface area contributed by atoms with E-state index in [4.69, 9.17) is 15.8 Å². The van der Waals surface area contributed by atoms with E-state index in [1.807, 2.05) is 31.2 Å². The summed E-state index contributed by atoms with van der Waals surface area (Å²) in [4.78, 5) is 16.6. The third kappa shape index (κ3) is 5.69. The first-order valence-corrected chi connectivity index (χ1v) is 10.9. The second kappa shape index (κ2) is 10.4. The molecule has 0 aliphatic heterocycles. The fourth-order valence-electron chi connectivity index (χ4n) is 2.65. The first kappa shape index (κ1) is 23.6. The number of Topliss-reactive ketones (excluding diaryl/α,β-unsaturated/α-hetero) is 1. The molecule has 0 N–H and O–H groups in total. The number of sulfonamides is 1. The molecule has 0 saturated heterocycles. The van der Waals surface area contributed by atoms with Crippen LogP contribution in [0, 0.1) is 6.92 Å². The second-order valence-electron chi connectivity index (χ2n) is 6.42. The van der Waals surface area contributed by atoms with Crippen LogP contribution in [0.15, 0.2) is 71.9 Å². The highest BCUT2D eigenvalue weighted by Gasteiger charge is 2.24. The van der Waals surface area contributed by atoms with Crippen LogP contribution in [-0.2, 0) is 29.0 Å². The Bertz CT molecular complexity index is 1120. The maximum absolute atomic E-state index is 12.9. The number of aryl methyl sites for hydroxylation is 1. The summed E-state index contributed by atoms with van der Waals surface area (Å²) in [5.74, 6) is -0.170. The number of benzene rings is 2. The molecule has 0 aliphatic carbocycles. The molecule has 0 spiro atoms. The maximum Gasteiger partial charge on any atom is 0.281 e. The standard InChI is InChI=1S/C21H19ClN2O3S.OS/c1-15-3-5-16(6-4-15)13-20(25)17-11-12-23-21(14-17)28(26,27)24(2)19-9-7-18(22)8-10-19;1-2/h3-12,14H,13H2,1-2H3;. The van der Waals surface area contributed by atoms with Crippen molar-refractivity contribution in [3.8, 4) is 0 Å². The Morgan fingerprint density at radius 3 is 2.23 bits per heavy atom. The lowest BCUT2D eigenvalue weighted by Crippen LogP contribution is -2.27. The maximum atomic E-state index is 12.9. The first-order chi connectivity index (χ1) is 14.3. The summed E-state index contributed by atoms with van der Waals surface area (Å²) in [5, 5.41) is 0.330. The highest BCUT2D eigenvalue weighted by Crippen LogP contribution is 2.23. The van der Waals surface area contributed by atoms with Crippen LogP contribution in [0.1, 0.15) is 21.5 Å². The highest BCUT2D eigenvalue weighted by molar-refractivity contribution is 7.92. The number of hydrogen-bond donors (Lipinski definition) is 0. The van der Waals surface area contributed by atoms with Gasteiger partial charge in [0.1, 0.15) is 0 Å². The molecule has 0 aliphatic rings. The van der Waals surface area contributed by atoms with Gasteiger partial charge in [0.05, 0.1) is 5.69 Å². The summed E-state index contributed by atoms with van der Waals surface area (Å²) in [6.45, 7) is 1.97. The molecule has 30 heavy (non-hydrogen) atoms. The number of ketones is 1. The number of carbonyl (C=O) groups excluding carboxylic acids is 1. The van der Waals surface area contributed by atoms with Crippen LogP contribution in [0.4, 0.5) is 5.69 Å². The van der Waals surface area contributed by atoms with Gasteiger partial charge in [-0.05, 0) is 48.9 Å². The van der Waals surface area contributed by atoms with E-state index in [1.54, 1.807) is 24.3 Å². The molecule has 0 saturated carbocycles. The Balaban J connectivity index is 0.00000155. The van der Waals surface area contributed by atoms with Gasteiger partial charge < -0.3 is 0 Å². The smallest absolute Gasteiger partial charge is 0.281 e. The summed E-state index contributed by atoms with van der Waals surface area (Å²) in [6, 6.07) is 16.9. The van der Waals surface area contributed by atoms with E-state index in [0.717, 1.165) is 15.4 Å². The summed E-state index contributed by atoms with van der Waals surface area (Å²) in [7, 11) is -2.48. The van der Waals surface area contributed by atoms with E-state index in [-0.39, 0.29) is 17.2 Å². The molecule has 3 rings (SSSR count). The van der Waals surface area contributed by atoms with Crippen molar-refractivity contribution in [3.63, 3.8) is 0 Å². The van der Waals surface area contributed by atoms with Gasteiger partial charge >= 0.3 is 0 Å². The first-order valence-electron chi connectivity index (χ1n) is 8.73. The molecule has 0 bridgehead atoms. The van der Waals surface area contributed by atoms with Crippen molar-refractivity contribution >= 4 is 45.6 Å². The molecule has 9 heteroatoms. The van der Waals surface area contributed by atoms with E-state index in [2.05, 4.69) is 17.5 Å². The molecule has 1 aromatic heterocycles. The van der Waals surface area contributed by atoms with E-state index >= 15 is 0 Å². The summed E-state index contributed by atoms with van der Waals surface area (Å²) in [6.07, 6.45) is 1.53. The summed E-state index contributed by atoms with van der Waals surface area (Å²) in [5.41, 5.74) is 2.73. The normalized spacial score (nSPS) is 10.6. The minimum absolute atomic E-state index is 0.170. The SMILES string of the molecule is Cc1ccc(CC(=O)c2ccnc(S(=O)(=O)N(C)c3ccc(Cl)cc3)c2)cc1.O=S. The average molecular weight is 463 g/mol. The van der Waals surface area contributed by atoms with Gasteiger partial charge in [-0.15, -0.1) is 0 Å². The number of halogens is 1. The summed E-state index contributed by atoms with van der Waals surface area (Å²) >= 11 is 8.69. The van der Waals surface area contributed by atoms with Crippen molar-refractivity contribution in [3.05, 3.63) is 88.6 Å². The third-order valence-corrected chi connectivity index (χ3v) is 6.29. The number of pyridine rings is 1. The van der Waals surface area contributed by atoms with Crippen LogP contribution in [0.5, 0.6) is 0 Å². The average Bonchev–Trinajstić information content (AvgIpc) is 2.77. The molecule has 156 valence electrons. The van der Waals surface area contributed by atoms with Gasteiger partial charge in [-0.3, -0.25) is 9.10 Å². The molecule has 0 fully saturated rings. The number of nitrogens with zero attached hydrogens (tertiary/aromatic N) is 2. The fourth-order valence-corrected chi connectivity index (χ4v) is 3.92. The lowest BCUT2D eigenvalue weighted by atomic mass is 10.0. The molecule has 6 nitrogen and oxygen atoms in total. The number of aromatic nitrogens is 1. The van der Waals surface area contributed by atoms with E-state index < -0.39 is 10.0 Å². The molecule has 0 amide bonds. The molecular weight excluding hydrogens is 444 g/mol. The number of hydrogen-bond acceptors (Lipinski definition) is 6. The Kier molecular flexibility index (Phi) is 8.16. The zero-order valence-corrected chi connectivity index (χ0v) is 18.7. The van der Waals surface area contributed by atoms with Crippen LogP contribution in [0.25, 0.3) is 0 Å². The second-order valence-corrected chi connectivity index (χ2v) is 8.77. The Morgan fingerprint density at radius 1 is 1.03 bits per heavy atom. The monoisotopic (exact) mass is 462 g/mol.